The average molecular weight is 309 g/mol. The zero-order chi connectivity index (χ0) is 15.2. The first-order chi connectivity index (χ1) is 10.1. The Bertz CT molecular complexity index is 501. The number of rotatable bonds is 5. The summed E-state index contributed by atoms with van der Waals surface area (Å²) in [5.41, 5.74) is 0.0599. The van der Waals surface area contributed by atoms with Crippen LogP contribution in [0.15, 0.2) is 29.2 Å². The fourth-order valence-electron chi connectivity index (χ4n) is 2.20. The Balaban J connectivity index is 1.86. The highest BCUT2D eigenvalue weighted by Gasteiger charge is 2.20. The van der Waals surface area contributed by atoms with Crippen molar-refractivity contribution in [1.82, 2.24) is 10.6 Å². The van der Waals surface area contributed by atoms with Crippen molar-refractivity contribution in [3.05, 3.63) is 34.4 Å². The van der Waals surface area contributed by atoms with Crippen LogP contribution in [0.5, 0.6) is 0 Å². The van der Waals surface area contributed by atoms with Gasteiger partial charge in [-0.1, -0.05) is 0 Å². The Morgan fingerprint density at radius 3 is 2.76 bits per heavy atom. The van der Waals surface area contributed by atoms with Gasteiger partial charge in [-0.15, -0.1) is 11.8 Å². The zero-order valence-electron chi connectivity index (χ0n) is 11.9. The van der Waals surface area contributed by atoms with Crippen LogP contribution in [0.1, 0.15) is 19.8 Å². The van der Waals surface area contributed by atoms with E-state index in [1.165, 1.54) is 23.9 Å². The van der Waals surface area contributed by atoms with Gasteiger partial charge < -0.3 is 10.6 Å². The van der Waals surface area contributed by atoms with Crippen molar-refractivity contribution in [2.75, 3.05) is 13.1 Å². The number of amides is 1. The number of nitrogens with one attached hydrogen (secondary N) is 2. The monoisotopic (exact) mass is 309 g/mol. The molecule has 0 aromatic heterocycles. The van der Waals surface area contributed by atoms with Crippen molar-refractivity contribution >= 4 is 23.4 Å². The molecule has 0 radical (unpaired) electrons. The quantitative estimate of drug-likeness (QED) is 0.493. The molecule has 0 bridgehead atoms. The van der Waals surface area contributed by atoms with E-state index < -0.39 is 4.92 Å². The molecule has 7 heteroatoms. The van der Waals surface area contributed by atoms with Gasteiger partial charge >= 0.3 is 0 Å². The number of non-ortho nitro benzene ring substituents is 1. The minimum Gasteiger partial charge on any atom is -0.351 e. The topological polar surface area (TPSA) is 84.3 Å². The summed E-state index contributed by atoms with van der Waals surface area (Å²) in [5, 5.41) is 16.7. The molecule has 6 nitrogen and oxygen atoms in total. The summed E-state index contributed by atoms with van der Waals surface area (Å²) in [5.74, 6) is 0.00653. The van der Waals surface area contributed by atoms with Crippen LogP contribution in [0.25, 0.3) is 0 Å². The van der Waals surface area contributed by atoms with Gasteiger partial charge in [0.05, 0.1) is 10.2 Å². The highest BCUT2D eigenvalue weighted by molar-refractivity contribution is 8.00. The van der Waals surface area contributed by atoms with Crippen LogP contribution in [0.4, 0.5) is 5.69 Å². The molecule has 1 aliphatic heterocycles. The van der Waals surface area contributed by atoms with E-state index in [9.17, 15) is 14.9 Å². The third kappa shape index (κ3) is 4.71. The van der Waals surface area contributed by atoms with Gasteiger partial charge in [0.2, 0.25) is 5.91 Å². The summed E-state index contributed by atoms with van der Waals surface area (Å²) in [6, 6.07) is 6.46. The Labute approximate surface area is 127 Å². The lowest BCUT2D eigenvalue weighted by molar-refractivity contribution is -0.384. The molecule has 1 aromatic rings. The molecule has 1 aromatic carbocycles. The molecule has 1 amide bonds. The number of nitro benzene ring substituents is 1. The molecule has 1 saturated heterocycles. The summed E-state index contributed by atoms with van der Waals surface area (Å²) in [6.45, 7) is 3.68. The summed E-state index contributed by atoms with van der Waals surface area (Å²) in [4.78, 5) is 23.1. The van der Waals surface area contributed by atoms with Crippen molar-refractivity contribution in [2.24, 2.45) is 0 Å². The van der Waals surface area contributed by atoms with E-state index in [-0.39, 0.29) is 22.9 Å². The third-order valence-electron chi connectivity index (χ3n) is 3.37. The lowest BCUT2D eigenvalue weighted by Crippen LogP contribution is -2.47. The maximum atomic E-state index is 12.1. The second-order valence-corrected chi connectivity index (χ2v) is 6.48. The number of thioether (sulfide) groups is 1. The van der Waals surface area contributed by atoms with Crippen molar-refractivity contribution < 1.29 is 9.72 Å². The van der Waals surface area contributed by atoms with Crippen LogP contribution in [0.3, 0.4) is 0 Å². The average Bonchev–Trinajstić information content (AvgIpc) is 2.48. The van der Waals surface area contributed by atoms with Crippen molar-refractivity contribution in [3.8, 4) is 0 Å². The fraction of sp³-hybridized carbons (Fsp3) is 0.500. The predicted octanol–water partition coefficient (Wildman–Crippen LogP) is 1.94. The van der Waals surface area contributed by atoms with Crippen molar-refractivity contribution in [3.63, 3.8) is 0 Å². The van der Waals surface area contributed by atoms with Gasteiger partial charge in [0.15, 0.2) is 0 Å². The van der Waals surface area contributed by atoms with Crippen LogP contribution >= 0.6 is 11.8 Å². The van der Waals surface area contributed by atoms with E-state index in [2.05, 4.69) is 10.6 Å². The zero-order valence-corrected chi connectivity index (χ0v) is 12.7. The number of piperidine rings is 1. The molecule has 1 aliphatic rings. The normalized spacial score (nSPS) is 19.8. The van der Waals surface area contributed by atoms with Gasteiger partial charge in [-0.2, -0.15) is 0 Å². The summed E-state index contributed by atoms with van der Waals surface area (Å²) >= 11 is 1.41. The summed E-state index contributed by atoms with van der Waals surface area (Å²) < 4.78 is 0. The second-order valence-electron chi connectivity index (χ2n) is 5.06. The van der Waals surface area contributed by atoms with E-state index in [1.807, 2.05) is 6.92 Å². The Morgan fingerprint density at radius 2 is 2.19 bits per heavy atom. The first-order valence-electron chi connectivity index (χ1n) is 6.98. The molecule has 2 rings (SSSR count). The maximum Gasteiger partial charge on any atom is 0.269 e. The van der Waals surface area contributed by atoms with Gasteiger partial charge in [-0.25, -0.2) is 0 Å². The molecular formula is C14H19N3O3S. The molecule has 0 spiro atoms. The second kappa shape index (κ2) is 7.42. The summed E-state index contributed by atoms with van der Waals surface area (Å²) in [7, 11) is 0. The number of carbonyl (C=O) groups excluding carboxylic acids is 1. The van der Waals surface area contributed by atoms with Crippen molar-refractivity contribution in [1.29, 1.82) is 0 Å². The Hall–Kier alpha value is -1.60. The van der Waals surface area contributed by atoms with Gasteiger partial charge in [-0.3, -0.25) is 14.9 Å². The van der Waals surface area contributed by atoms with Crippen LogP contribution < -0.4 is 10.6 Å². The van der Waals surface area contributed by atoms with Gasteiger partial charge in [0.1, 0.15) is 0 Å². The van der Waals surface area contributed by atoms with E-state index >= 15 is 0 Å². The van der Waals surface area contributed by atoms with Crippen LogP contribution in [-0.4, -0.2) is 35.2 Å². The molecule has 1 unspecified atom stereocenters. The Kier molecular flexibility index (Phi) is 5.58. The minimum absolute atomic E-state index is 0.00653. The third-order valence-corrected chi connectivity index (χ3v) is 4.48. The SMILES string of the molecule is CC(Sc1ccc([N+](=O)[O-])cc1)C(=O)N[C@H]1CCCNC1. The van der Waals surface area contributed by atoms with E-state index in [1.54, 1.807) is 12.1 Å². The largest absolute Gasteiger partial charge is 0.351 e. The number of hydrogen-bond acceptors (Lipinski definition) is 5. The lowest BCUT2D eigenvalue weighted by Gasteiger charge is -2.25. The van der Waals surface area contributed by atoms with E-state index in [4.69, 9.17) is 0 Å². The number of carbonyl (C=O) groups is 1. The minimum atomic E-state index is -0.430. The number of nitro groups is 1. The lowest BCUT2D eigenvalue weighted by atomic mass is 10.1. The molecule has 21 heavy (non-hydrogen) atoms. The molecular weight excluding hydrogens is 290 g/mol. The molecule has 2 N–H and O–H groups in total. The van der Waals surface area contributed by atoms with E-state index in [0.717, 1.165) is 30.8 Å². The smallest absolute Gasteiger partial charge is 0.269 e. The summed E-state index contributed by atoms with van der Waals surface area (Å²) in [6.07, 6.45) is 2.09. The van der Waals surface area contributed by atoms with Crippen LogP contribution in [0.2, 0.25) is 0 Å². The van der Waals surface area contributed by atoms with Gasteiger partial charge in [0, 0.05) is 29.6 Å². The molecule has 1 fully saturated rings. The maximum absolute atomic E-state index is 12.1. The molecule has 114 valence electrons. The first-order valence-corrected chi connectivity index (χ1v) is 7.86. The molecule has 1 heterocycles. The van der Waals surface area contributed by atoms with Crippen molar-refractivity contribution in [2.45, 2.75) is 36.0 Å². The van der Waals surface area contributed by atoms with Gasteiger partial charge in [0.25, 0.3) is 5.69 Å². The van der Waals surface area contributed by atoms with Crippen LogP contribution in [-0.2, 0) is 4.79 Å². The molecule has 0 aliphatic carbocycles. The first kappa shape index (κ1) is 15.8. The fourth-order valence-corrected chi connectivity index (χ4v) is 3.07. The van der Waals surface area contributed by atoms with E-state index in [0.29, 0.717) is 0 Å². The highest BCUT2D eigenvalue weighted by Crippen LogP contribution is 2.25. The number of nitrogens with zero attached hydrogens (tertiary/aromatic N) is 1. The predicted molar refractivity (Wildman–Crippen MR) is 82.4 cm³/mol. The van der Waals surface area contributed by atoms with Gasteiger partial charge in [-0.05, 0) is 38.4 Å². The molecule has 0 saturated carbocycles. The van der Waals surface area contributed by atoms with Crippen LogP contribution in [0, 0.1) is 10.1 Å². The number of hydrogen-bond donors (Lipinski definition) is 2. The Morgan fingerprint density at radius 1 is 1.48 bits per heavy atom. The number of benzene rings is 1. The highest BCUT2D eigenvalue weighted by atomic mass is 32.2. The standard InChI is InChI=1S/C14H19N3O3S/c1-10(14(18)16-11-3-2-8-15-9-11)21-13-6-4-12(5-7-13)17(19)20/h4-7,10-11,15H,2-3,8-9H2,1H3,(H,16,18)/t10?,11-/m0/s1. The molecule has 2 atom stereocenters.